The maximum Gasteiger partial charge on any atom is 0.0960 e. The minimum Gasteiger partial charge on any atom is -0.405 e. The molecule has 0 atom stereocenters. The highest BCUT2D eigenvalue weighted by molar-refractivity contribution is 6.16. The molecule has 2 aliphatic rings. The topological polar surface area (TPSA) is 48.8 Å². The highest BCUT2D eigenvalue weighted by atomic mass is 15.0. The largest absolute Gasteiger partial charge is 0.405 e. The first-order valence-electron chi connectivity index (χ1n) is 19.6. The van der Waals surface area contributed by atoms with E-state index in [1.807, 2.05) is 18.3 Å². The lowest BCUT2D eigenvalue weighted by atomic mass is 9.70. The van der Waals surface area contributed by atoms with Crippen LogP contribution in [0.25, 0.3) is 83.7 Å². The van der Waals surface area contributed by atoms with Crippen LogP contribution in [0.4, 0.5) is 0 Å². The molecule has 1 spiro atoms. The Kier molecular flexibility index (Phi) is 6.59. The molecule has 0 saturated heterocycles. The molecule has 3 heterocycles. The first-order valence-corrected chi connectivity index (χ1v) is 19.6. The predicted molar refractivity (Wildman–Crippen MR) is 235 cm³/mol. The predicted octanol–water partition coefficient (Wildman–Crippen LogP) is 12.4. The molecule has 0 bridgehead atoms. The Balaban J connectivity index is 1.03. The fourth-order valence-electron chi connectivity index (χ4n) is 10.4. The van der Waals surface area contributed by atoms with Gasteiger partial charge in [-0.15, -0.1) is 0 Å². The minimum absolute atomic E-state index is 0.394. The Bertz CT molecular complexity index is 3260. The molecule has 2 N–H and O–H groups in total. The van der Waals surface area contributed by atoms with Crippen molar-refractivity contribution in [3.8, 4) is 44.8 Å². The average molecular weight is 729 g/mol. The van der Waals surface area contributed by atoms with Gasteiger partial charge in [0.25, 0.3) is 0 Å². The molecule has 57 heavy (non-hydrogen) atoms. The normalized spacial score (nSPS) is 13.5. The third-order valence-electron chi connectivity index (χ3n) is 12.6. The molecule has 2 aliphatic carbocycles. The molecule has 4 nitrogen and oxygen atoms in total. The van der Waals surface area contributed by atoms with Gasteiger partial charge in [0.2, 0.25) is 0 Å². The summed E-state index contributed by atoms with van der Waals surface area (Å²) in [6, 6.07) is 62.8. The van der Waals surface area contributed by atoms with E-state index < -0.39 is 5.41 Å². The van der Waals surface area contributed by atoms with Crippen molar-refractivity contribution in [3.05, 3.63) is 216 Å². The Morgan fingerprint density at radius 1 is 0.509 bits per heavy atom. The van der Waals surface area contributed by atoms with E-state index in [1.165, 1.54) is 71.9 Å². The van der Waals surface area contributed by atoms with Crippen molar-refractivity contribution in [2.45, 2.75) is 12.3 Å². The molecule has 0 amide bonds. The minimum atomic E-state index is -0.394. The van der Waals surface area contributed by atoms with Gasteiger partial charge in [-0.25, -0.2) is 0 Å². The molecule has 4 heteroatoms. The van der Waals surface area contributed by atoms with Gasteiger partial charge in [0.05, 0.1) is 27.5 Å². The number of hydrogen-bond acceptors (Lipinski definition) is 2. The Morgan fingerprint density at radius 2 is 1.07 bits per heavy atom. The van der Waals surface area contributed by atoms with Crippen LogP contribution >= 0.6 is 0 Å². The highest BCUT2D eigenvalue weighted by Gasteiger charge is 2.52. The third-order valence-corrected chi connectivity index (χ3v) is 12.6. The summed E-state index contributed by atoms with van der Waals surface area (Å²) < 4.78 is 4.76. The van der Waals surface area contributed by atoms with Crippen LogP contribution in [0.5, 0.6) is 0 Å². The van der Waals surface area contributed by atoms with E-state index in [2.05, 4.69) is 185 Å². The van der Waals surface area contributed by atoms with Crippen molar-refractivity contribution < 1.29 is 0 Å². The van der Waals surface area contributed by atoms with Crippen molar-refractivity contribution in [2.75, 3.05) is 0 Å². The molecule has 0 aliphatic heterocycles. The van der Waals surface area contributed by atoms with Crippen LogP contribution in [-0.2, 0) is 5.41 Å². The van der Waals surface area contributed by atoms with Crippen LogP contribution in [0, 0.1) is 6.92 Å². The van der Waals surface area contributed by atoms with Gasteiger partial charge in [0.15, 0.2) is 0 Å². The number of benzene rings is 7. The van der Waals surface area contributed by atoms with Gasteiger partial charge in [-0.1, -0.05) is 127 Å². The second-order valence-corrected chi connectivity index (χ2v) is 15.3. The number of fused-ring (bicyclic) bond motifs is 15. The van der Waals surface area contributed by atoms with Crippen molar-refractivity contribution in [3.63, 3.8) is 0 Å². The molecule has 3 aromatic heterocycles. The molecule has 7 aromatic carbocycles. The van der Waals surface area contributed by atoms with Crippen LogP contribution in [-0.4, -0.2) is 14.1 Å². The summed E-state index contributed by atoms with van der Waals surface area (Å²) in [4.78, 5) is 4.68. The summed E-state index contributed by atoms with van der Waals surface area (Å²) in [5.74, 6) is 0. The van der Waals surface area contributed by atoms with Crippen LogP contribution in [0.3, 0.4) is 0 Å². The summed E-state index contributed by atoms with van der Waals surface area (Å²) in [7, 11) is 0. The summed E-state index contributed by atoms with van der Waals surface area (Å²) in [5.41, 5.74) is 27.3. The van der Waals surface area contributed by atoms with Gasteiger partial charge in [0.1, 0.15) is 0 Å². The zero-order valence-corrected chi connectivity index (χ0v) is 31.3. The number of nitrogens with zero attached hydrogens (tertiary/aromatic N) is 3. The molecule has 12 rings (SSSR count). The van der Waals surface area contributed by atoms with Crippen molar-refractivity contribution in [2.24, 2.45) is 5.73 Å². The van der Waals surface area contributed by atoms with E-state index in [9.17, 15) is 0 Å². The number of para-hydroxylation sites is 1. The van der Waals surface area contributed by atoms with Gasteiger partial charge in [0, 0.05) is 45.2 Å². The lowest BCUT2D eigenvalue weighted by Crippen LogP contribution is -2.25. The number of hydrogen-bond donors (Lipinski definition) is 1. The molecule has 0 saturated carbocycles. The summed E-state index contributed by atoms with van der Waals surface area (Å²) in [6.07, 6.45) is 5.36. The van der Waals surface area contributed by atoms with Crippen LogP contribution in [0.15, 0.2) is 182 Å². The second kappa shape index (κ2) is 11.8. The monoisotopic (exact) mass is 728 g/mol. The van der Waals surface area contributed by atoms with Crippen molar-refractivity contribution in [1.29, 1.82) is 0 Å². The van der Waals surface area contributed by atoms with Gasteiger partial charge < -0.3 is 14.9 Å². The quantitative estimate of drug-likeness (QED) is 0.196. The number of pyridine rings is 1. The van der Waals surface area contributed by atoms with E-state index in [0.717, 1.165) is 39.2 Å². The van der Waals surface area contributed by atoms with Crippen LogP contribution in [0.2, 0.25) is 0 Å². The SMILES string of the molecule is Cc1c(/C=C\N)c2ncccc2n1-c1ccc(-c2ccc(-n3c4ccccc4c4ccc5c(c43)-c3ccccc3C53c4ccccc4-c4ccccc43)cc2)cc1. The highest BCUT2D eigenvalue weighted by Crippen LogP contribution is 2.64. The first-order chi connectivity index (χ1) is 28.2. The number of nitrogens with two attached hydrogens (primary N) is 1. The van der Waals surface area contributed by atoms with E-state index in [0.29, 0.717) is 0 Å². The standard InChI is InChI=1S/C53H36N4/c1-33-38(30-31-54)51-49(19-10-32-55-51)56(33)36-24-20-34(21-25-36)35-22-26-37(27-23-35)57-48-18-9-5-13-41(48)42-28-29-47-50(52(42)57)43-14-4-8-17-46(43)53(47)44-15-6-2-11-39(44)40-12-3-7-16-45(40)53/h2-32H,54H2,1H3/b31-30-. The molecule has 0 unspecified atom stereocenters. The lowest BCUT2D eigenvalue weighted by Gasteiger charge is -2.30. The zero-order chi connectivity index (χ0) is 37.8. The average Bonchev–Trinajstić information content (AvgIpc) is 3.96. The molecular weight excluding hydrogens is 693 g/mol. The van der Waals surface area contributed by atoms with E-state index in [4.69, 9.17) is 5.73 Å². The summed E-state index contributed by atoms with van der Waals surface area (Å²) in [6.45, 7) is 2.12. The van der Waals surface area contributed by atoms with Gasteiger partial charge in [-0.05, 0) is 112 Å². The maximum absolute atomic E-state index is 5.83. The van der Waals surface area contributed by atoms with Crippen LogP contribution < -0.4 is 5.73 Å². The number of rotatable bonds is 4. The smallest absolute Gasteiger partial charge is 0.0960 e. The second-order valence-electron chi connectivity index (χ2n) is 15.3. The molecule has 268 valence electrons. The fourth-order valence-corrected chi connectivity index (χ4v) is 10.4. The lowest BCUT2D eigenvalue weighted by molar-refractivity contribution is 0.794. The third kappa shape index (κ3) is 4.14. The summed E-state index contributed by atoms with van der Waals surface area (Å²) >= 11 is 0. The van der Waals surface area contributed by atoms with E-state index in [1.54, 1.807) is 6.20 Å². The van der Waals surface area contributed by atoms with Crippen molar-refractivity contribution in [1.82, 2.24) is 14.1 Å². The fraction of sp³-hybridized carbons (Fsp3) is 0.0377. The van der Waals surface area contributed by atoms with Gasteiger partial charge in [-0.2, -0.15) is 0 Å². The van der Waals surface area contributed by atoms with Gasteiger partial charge >= 0.3 is 0 Å². The van der Waals surface area contributed by atoms with E-state index >= 15 is 0 Å². The van der Waals surface area contributed by atoms with Crippen molar-refractivity contribution >= 4 is 38.9 Å². The molecule has 0 fully saturated rings. The first kappa shape index (κ1) is 31.9. The maximum atomic E-state index is 5.83. The Hall–Kier alpha value is -7.43. The molecule has 0 radical (unpaired) electrons. The molecule has 10 aromatic rings. The number of aromatic nitrogens is 3. The zero-order valence-electron chi connectivity index (χ0n) is 31.3. The Morgan fingerprint density at radius 3 is 1.74 bits per heavy atom. The Labute approximate surface area is 330 Å². The van der Waals surface area contributed by atoms with Crippen LogP contribution in [0.1, 0.15) is 33.5 Å². The molecular formula is C53H36N4. The van der Waals surface area contributed by atoms with E-state index in [-0.39, 0.29) is 0 Å². The summed E-state index contributed by atoms with van der Waals surface area (Å²) in [5, 5.41) is 2.53. The van der Waals surface area contributed by atoms with Gasteiger partial charge in [-0.3, -0.25) is 4.98 Å².